The Morgan fingerprint density at radius 1 is 1.23 bits per heavy atom. The molecular formula is C19H25Cl2N3O2. The highest BCUT2D eigenvalue weighted by Gasteiger charge is 2.23. The van der Waals surface area contributed by atoms with Gasteiger partial charge in [0.05, 0.1) is 0 Å². The zero-order chi connectivity index (χ0) is 16.8. The number of nitrogens with zero attached hydrogens (tertiary/aromatic N) is 2. The highest BCUT2D eigenvalue weighted by Crippen LogP contribution is 2.19. The summed E-state index contributed by atoms with van der Waals surface area (Å²) in [7, 11) is 1.89. The van der Waals surface area contributed by atoms with E-state index in [0.29, 0.717) is 24.0 Å². The van der Waals surface area contributed by atoms with Crippen LogP contribution in [0.4, 0.5) is 0 Å². The van der Waals surface area contributed by atoms with E-state index in [1.165, 1.54) is 0 Å². The molecule has 1 aromatic heterocycles. The van der Waals surface area contributed by atoms with Gasteiger partial charge in [-0.1, -0.05) is 12.1 Å². The van der Waals surface area contributed by atoms with Crippen LogP contribution in [0.3, 0.4) is 0 Å². The van der Waals surface area contributed by atoms with Crippen LogP contribution >= 0.6 is 24.8 Å². The molecule has 3 rings (SSSR count). The quantitative estimate of drug-likeness (QED) is 0.840. The smallest absolute Gasteiger partial charge is 0.253 e. The van der Waals surface area contributed by atoms with Gasteiger partial charge in [-0.3, -0.25) is 9.78 Å². The van der Waals surface area contributed by atoms with Gasteiger partial charge < -0.3 is 15.0 Å². The van der Waals surface area contributed by atoms with E-state index in [4.69, 9.17) is 4.74 Å². The Labute approximate surface area is 167 Å². The minimum Gasteiger partial charge on any atom is -0.489 e. The molecule has 7 heteroatoms. The van der Waals surface area contributed by atoms with Crippen LogP contribution in [0.25, 0.3) is 0 Å². The highest BCUT2D eigenvalue weighted by atomic mass is 35.5. The van der Waals surface area contributed by atoms with Crippen molar-refractivity contribution in [1.82, 2.24) is 15.2 Å². The molecule has 1 N–H and O–H groups in total. The van der Waals surface area contributed by atoms with Gasteiger partial charge in [0.15, 0.2) is 0 Å². The SMILES string of the molecule is CN(C(=O)c1cccc(OCc2cccnc2)c1)C1CCNCC1.Cl.Cl. The molecule has 1 aliphatic heterocycles. The molecular weight excluding hydrogens is 373 g/mol. The van der Waals surface area contributed by atoms with Crippen LogP contribution in [-0.4, -0.2) is 42.0 Å². The van der Waals surface area contributed by atoms with Gasteiger partial charge in [0.1, 0.15) is 12.4 Å². The number of benzene rings is 1. The third-order valence-electron chi connectivity index (χ3n) is 4.39. The first-order chi connectivity index (χ1) is 11.7. The van der Waals surface area contributed by atoms with E-state index >= 15 is 0 Å². The summed E-state index contributed by atoms with van der Waals surface area (Å²) in [5.74, 6) is 0.747. The Hall–Kier alpha value is -1.82. The maximum absolute atomic E-state index is 12.7. The van der Waals surface area contributed by atoms with Gasteiger partial charge in [-0.15, -0.1) is 24.8 Å². The lowest BCUT2D eigenvalue weighted by atomic mass is 10.0. The molecule has 1 fully saturated rings. The average Bonchev–Trinajstić information content (AvgIpc) is 2.67. The topological polar surface area (TPSA) is 54.5 Å². The van der Waals surface area contributed by atoms with Crippen LogP contribution in [0.2, 0.25) is 0 Å². The van der Waals surface area contributed by atoms with E-state index in [-0.39, 0.29) is 30.7 Å². The lowest BCUT2D eigenvalue weighted by molar-refractivity contribution is 0.0702. The summed E-state index contributed by atoms with van der Waals surface area (Å²) < 4.78 is 5.79. The first-order valence-electron chi connectivity index (χ1n) is 8.33. The molecule has 0 saturated carbocycles. The molecule has 0 bridgehead atoms. The summed E-state index contributed by atoms with van der Waals surface area (Å²) in [6.07, 6.45) is 5.51. The fraction of sp³-hybridized carbons (Fsp3) is 0.368. The number of pyridine rings is 1. The number of amides is 1. The number of aromatic nitrogens is 1. The molecule has 2 aromatic rings. The molecule has 1 aromatic carbocycles. The third kappa shape index (κ3) is 5.87. The van der Waals surface area contributed by atoms with Crippen molar-refractivity contribution in [3.05, 3.63) is 59.9 Å². The number of carbonyl (C=O) groups excluding carboxylic acids is 1. The Kier molecular flexibility index (Phi) is 9.41. The van der Waals surface area contributed by atoms with Crippen LogP contribution in [0.1, 0.15) is 28.8 Å². The second-order valence-corrected chi connectivity index (χ2v) is 6.08. The van der Waals surface area contributed by atoms with Crippen molar-refractivity contribution in [2.75, 3.05) is 20.1 Å². The zero-order valence-corrected chi connectivity index (χ0v) is 16.4. The Morgan fingerprint density at radius 2 is 2.00 bits per heavy atom. The number of ether oxygens (including phenoxy) is 1. The van der Waals surface area contributed by atoms with Gasteiger partial charge in [0, 0.05) is 36.6 Å². The van der Waals surface area contributed by atoms with Crippen molar-refractivity contribution in [1.29, 1.82) is 0 Å². The van der Waals surface area contributed by atoms with Crippen LogP contribution in [-0.2, 0) is 6.61 Å². The highest BCUT2D eigenvalue weighted by molar-refractivity contribution is 5.94. The Morgan fingerprint density at radius 3 is 2.69 bits per heavy atom. The third-order valence-corrected chi connectivity index (χ3v) is 4.39. The molecule has 1 saturated heterocycles. The molecule has 142 valence electrons. The summed E-state index contributed by atoms with van der Waals surface area (Å²) >= 11 is 0. The maximum Gasteiger partial charge on any atom is 0.253 e. The van der Waals surface area contributed by atoms with E-state index < -0.39 is 0 Å². The molecule has 0 unspecified atom stereocenters. The molecule has 5 nitrogen and oxygen atoms in total. The van der Waals surface area contributed by atoms with Gasteiger partial charge in [-0.2, -0.15) is 0 Å². The minimum atomic E-state index is 0. The van der Waals surface area contributed by atoms with E-state index in [2.05, 4.69) is 10.3 Å². The van der Waals surface area contributed by atoms with E-state index in [9.17, 15) is 4.79 Å². The first kappa shape index (κ1) is 22.2. The molecule has 0 spiro atoms. The van der Waals surface area contributed by atoms with Gasteiger partial charge in [0.25, 0.3) is 5.91 Å². The summed E-state index contributed by atoms with van der Waals surface area (Å²) in [4.78, 5) is 18.6. The maximum atomic E-state index is 12.7. The number of carbonyl (C=O) groups is 1. The number of halogens is 2. The Balaban J connectivity index is 0.00000169. The monoisotopic (exact) mass is 397 g/mol. The minimum absolute atomic E-state index is 0. The zero-order valence-electron chi connectivity index (χ0n) is 14.8. The first-order valence-corrected chi connectivity index (χ1v) is 8.33. The van der Waals surface area contributed by atoms with E-state index in [1.807, 2.05) is 48.3 Å². The van der Waals surface area contributed by atoms with Crippen molar-refractivity contribution in [2.24, 2.45) is 0 Å². The molecule has 0 radical (unpaired) electrons. The number of hydrogen-bond donors (Lipinski definition) is 1. The van der Waals surface area contributed by atoms with Crippen molar-refractivity contribution < 1.29 is 9.53 Å². The van der Waals surface area contributed by atoms with Crippen molar-refractivity contribution in [3.63, 3.8) is 0 Å². The predicted octanol–water partition coefficient (Wildman–Crippen LogP) is 3.33. The van der Waals surface area contributed by atoms with Gasteiger partial charge in [-0.05, 0) is 50.2 Å². The lowest BCUT2D eigenvalue weighted by Gasteiger charge is -2.31. The summed E-state index contributed by atoms with van der Waals surface area (Å²) in [5.41, 5.74) is 1.67. The molecule has 26 heavy (non-hydrogen) atoms. The number of nitrogens with one attached hydrogen (secondary N) is 1. The van der Waals surface area contributed by atoms with E-state index in [1.54, 1.807) is 12.4 Å². The van der Waals surface area contributed by atoms with Crippen molar-refractivity contribution in [2.45, 2.75) is 25.5 Å². The van der Waals surface area contributed by atoms with Crippen molar-refractivity contribution in [3.8, 4) is 5.75 Å². The van der Waals surface area contributed by atoms with Crippen LogP contribution in [0, 0.1) is 0 Å². The standard InChI is InChI=1S/C19H23N3O2.2ClH/c1-22(17-7-10-20-11-8-17)19(23)16-5-2-6-18(12-16)24-14-15-4-3-9-21-13-15;;/h2-6,9,12-13,17,20H,7-8,10-11,14H2,1H3;2*1H. The molecule has 0 aliphatic carbocycles. The Bertz CT molecular complexity index is 679. The second-order valence-electron chi connectivity index (χ2n) is 6.08. The fourth-order valence-corrected chi connectivity index (χ4v) is 2.93. The predicted molar refractivity (Wildman–Crippen MR) is 107 cm³/mol. The summed E-state index contributed by atoms with van der Waals surface area (Å²) in [6.45, 7) is 2.38. The number of hydrogen-bond acceptors (Lipinski definition) is 4. The van der Waals surface area contributed by atoms with Gasteiger partial charge >= 0.3 is 0 Å². The fourth-order valence-electron chi connectivity index (χ4n) is 2.93. The van der Waals surface area contributed by atoms with Crippen molar-refractivity contribution >= 4 is 30.7 Å². The van der Waals surface area contributed by atoms with Crippen LogP contribution in [0.15, 0.2) is 48.8 Å². The number of rotatable bonds is 5. The second kappa shape index (κ2) is 11.0. The molecule has 2 heterocycles. The average molecular weight is 398 g/mol. The van der Waals surface area contributed by atoms with Crippen LogP contribution < -0.4 is 10.1 Å². The molecule has 1 aliphatic rings. The molecule has 0 atom stereocenters. The van der Waals surface area contributed by atoms with Gasteiger partial charge in [0.2, 0.25) is 0 Å². The van der Waals surface area contributed by atoms with Crippen LogP contribution in [0.5, 0.6) is 5.75 Å². The largest absolute Gasteiger partial charge is 0.489 e. The van der Waals surface area contributed by atoms with Gasteiger partial charge in [-0.25, -0.2) is 0 Å². The lowest BCUT2D eigenvalue weighted by Crippen LogP contribution is -2.43. The normalized spacial score (nSPS) is 13.9. The summed E-state index contributed by atoms with van der Waals surface area (Å²) in [6, 6.07) is 11.5. The number of piperidine rings is 1. The van der Waals surface area contributed by atoms with E-state index in [0.717, 1.165) is 31.5 Å². The molecule has 1 amide bonds. The summed E-state index contributed by atoms with van der Waals surface area (Å²) in [5, 5.41) is 3.33.